The molecule has 20 heavy (non-hydrogen) atoms. The van der Waals surface area contributed by atoms with Crippen molar-refractivity contribution in [2.75, 3.05) is 19.8 Å². The van der Waals surface area contributed by atoms with E-state index in [2.05, 4.69) is 4.74 Å². The average Bonchev–Trinajstić information content (AvgIpc) is 2.29. The van der Waals surface area contributed by atoms with E-state index in [1.807, 2.05) is 13.8 Å². The second kappa shape index (κ2) is 14.2. The quantitative estimate of drug-likeness (QED) is 0.384. The first kappa shape index (κ1) is 21.1. The van der Waals surface area contributed by atoms with Gasteiger partial charge in [0.2, 0.25) is 6.29 Å². The smallest absolute Gasteiger partial charge is 0.319 e. The van der Waals surface area contributed by atoms with E-state index in [9.17, 15) is 9.59 Å². The summed E-state index contributed by atoms with van der Waals surface area (Å²) in [5.41, 5.74) is 0. The minimum Gasteiger partial charge on any atom is -0.463 e. The Morgan fingerprint density at radius 3 is 1.90 bits per heavy atom. The zero-order valence-electron chi connectivity index (χ0n) is 12.6. The van der Waals surface area contributed by atoms with Crippen LogP contribution in [0, 0.1) is 0 Å². The van der Waals surface area contributed by atoms with Gasteiger partial charge in [-0.1, -0.05) is 0 Å². The molecule has 0 rings (SSSR count). The van der Waals surface area contributed by atoms with Crippen molar-refractivity contribution < 1.29 is 34.0 Å². The molecule has 7 heteroatoms. The topological polar surface area (TPSA) is 102 Å². The van der Waals surface area contributed by atoms with Crippen molar-refractivity contribution in [3.05, 3.63) is 0 Å². The first-order valence-corrected chi connectivity index (χ1v) is 6.62. The Kier molecular flexibility index (Phi) is 15.0. The summed E-state index contributed by atoms with van der Waals surface area (Å²) in [5.74, 6) is -1.58. The lowest BCUT2D eigenvalue weighted by molar-refractivity contribution is -0.173. The number of carbonyl (C=O) groups excluding carboxylic acids is 2. The third kappa shape index (κ3) is 16.8. The summed E-state index contributed by atoms with van der Waals surface area (Å²) < 4.78 is 13.9. The Balaban J connectivity index is 0. The number of carbonyl (C=O) groups is 2. The SMILES string of the molecule is CC(C)OC(=O)CC(=O)OC(O)CCO.CCOCC. The van der Waals surface area contributed by atoms with E-state index in [1.54, 1.807) is 13.8 Å². The Hall–Kier alpha value is -1.18. The van der Waals surface area contributed by atoms with Gasteiger partial charge < -0.3 is 24.4 Å². The van der Waals surface area contributed by atoms with E-state index in [0.29, 0.717) is 0 Å². The summed E-state index contributed by atoms with van der Waals surface area (Å²) in [5, 5.41) is 17.4. The summed E-state index contributed by atoms with van der Waals surface area (Å²) in [4.78, 5) is 21.9. The summed E-state index contributed by atoms with van der Waals surface area (Å²) in [6.45, 7) is 8.68. The van der Waals surface area contributed by atoms with Crippen molar-refractivity contribution in [1.29, 1.82) is 0 Å². The second-order valence-corrected chi connectivity index (χ2v) is 3.95. The van der Waals surface area contributed by atoms with Gasteiger partial charge in [-0.3, -0.25) is 9.59 Å². The highest BCUT2D eigenvalue weighted by Crippen LogP contribution is 1.99. The summed E-state index contributed by atoms with van der Waals surface area (Å²) in [6, 6.07) is 0. The maximum atomic E-state index is 11.0. The first-order valence-electron chi connectivity index (χ1n) is 6.62. The fourth-order valence-electron chi connectivity index (χ4n) is 0.989. The fraction of sp³-hybridized carbons (Fsp3) is 0.846. The highest BCUT2D eigenvalue weighted by Gasteiger charge is 2.16. The van der Waals surface area contributed by atoms with Gasteiger partial charge in [0.1, 0.15) is 6.42 Å². The van der Waals surface area contributed by atoms with Gasteiger partial charge in [-0.2, -0.15) is 0 Å². The molecule has 0 aromatic heterocycles. The maximum absolute atomic E-state index is 11.0. The third-order valence-corrected chi connectivity index (χ3v) is 1.71. The normalized spacial score (nSPS) is 11.3. The van der Waals surface area contributed by atoms with Crippen LogP contribution in [0.5, 0.6) is 0 Å². The molecule has 0 spiro atoms. The standard InChI is InChI=1S/C9H16O6.C4H10O/c1-6(2)14-8(12)5-9(13)15-7(11)3-4-10;1-3-5-4-2/h6-7,10-11H,3-5H2,1-2H3;3-4H2,1-2H3. The lowest BCUT2D eigenvalue weighted by Crippen LogP contribution is -2.22. The number of aliphatic hydroxyl groups excluding tert-OH is 2. The highest BCUT2D eigenvalue weighted by atomic mass is 16.6. The first-order chi connectivity index (χ1) is 9.37. The summed E-state index contributed by atoms with van der Waals surface area (Å²) in [7, 11) is 0. The molecule has 0 radical (unpaired) electrons. The van der Waals surface area contributed by atoms with E-state index in [4.69, 9.17) is 19.7 Å². The number of aliphatic hydroxyl groups is 2. The molecule has 0 aliphatic carbocycles. The van der Waals surface area contributed by atoms with E-state index in [0.717, 1.165) is 13.2 Å². The predicted octanol–water partition coefficient (Wildman–Crippen LogP) is 0.615. The van der Waals surface area contributed by atoms with Gasteiger partial charge in [0.25, 0.3) is 0 Å². The van der Waals surface area contributed by atoms with Crippen LogP contribution in [0.4, 0.5) is 0 Å². The molecule has 0 aromatic carbocycles. The molecule has 0 fully saturated rings. The fourth-order valence-corrected chi connectivity index (χ4v) is 0.989. The van der Waals surface area contributed by atoms with E-state index in [-0.39, 0.29) is 19.1 Å². The van der Waals surface area contributed by atoms with Gasteiger partial charge in [0, 0.05) is 26.2 Å². The number of hydrogen-bond donors (Lipinski definition) is 2. The van der Waals surface area contributed by atoms with Crippen LogP contribution in [0.2, 0.25) is 0 Å². The Morgan fingerprint density at radius 1 is 1.05 bits per heavy atom. The third-order valence-electron chi connectivity index (χ3n) is 1.71. The molecule has 0 aliphatic rings. The second-order valence-electron chi connectivity index (χ2n) is 3.95. The van der Waals surface area contributed by atoms with Crippen LogP contribution < -0.4 is 0 Å². The van der Waals surface area contributed by atoms with Crippen LogP contribution in [-0.4, -0.2) is 54.4 Å². The van der Waals surface area contributed by atoms with Crippen molar-refractivity contribution in [2.45, 2.75) is 52.9 Å². The molecule has 0 heterocycles. The molecule has 120 valence electrons. The van der Waals surface area contributed by atoms with Gasteiger partial charge in [0.05, 0.1) is 6.10 Å². The molecule has 7 nitrogen and oxygen atoms in total. The number of rotatable bonds is 8. The molecule has 0 amide bonds. The molecule has 0 aliphatic heterocycles. The van der Waals surface area contributed by atoms with Crippen molar-refractivity contribution in [1.82, 2.24) is 0 Å². The molecule has 1 atom stereocenters. The van der Waals surface area contributed by atoms with Crippen LogP contribution in [-0.2, 0) is 23.8 Å². The molecule has 0 saturated heterocycles. The zero-order chi connectivity index (χ0) is 16.0. The van der Waals surface area contributed by atoms with Crippen LogP contribution >= 0.6 is 0 Å². The van der Waals surface area contributed by atoms with Gasteiger partial charge in [-0.05, 0) is 27.7 Å². The molecule has 0 bridgehead atoms. The lowest BCUT2D eigenvalue weighted by Gasteiger charge is -2.11. The Bertz CT molecular complexity index is 251. The largest absolute Gasteiger partial charge is 0.463 e. The number of esters is 2. The van der Waals surface area contributed by atoms with Gasteiger partial charge >= 0.3 is 11.9 Å². The van der Waals surface area contributed by atoms with Crippen molar-refractivity contribution in [3.8, 4) is 0 Å². The van der Waals surface area contributed by atoms with Crippen molar-refractivity contribution in [2.24, 2.45) is 0 Å². The minimum absolute atomic E-state index is 0.0784. The number of hydrogen-bond acceptors (Lipinski definition) is 7. The minimum atomic E-state index is -1.38. The van der Waals surface area contributed by atoms with E-state index < -0.39 is 24.6 Å². The Labute approximate surface area is 119 Å². The van der Waals surface area contributed by atoms with Crippen LogP contribution in [0.3, 0.4) is 0 Å². The molecule has 0 aromatic rings. The monoisotopic (exact) mass is 294 g/mol. The van der Waals surface area contributed by atoms with Gasteiger partial charge in [-0.25, -0.2) is 0 Å². The summed E-state index contributed by atoms with van der Waals surface area (Å²) >= 11 is 0. The van der Waals surface area contributed by atoms with E-state index in [1.165, 1.54) is 0 Å². The molecule has 0 saturated carbocycles. The Morgan fingerprint density at radius 2 is 1.55 bits per heavy atom. The van der Waals surface area contributed by atoms with Crippen molar-refractivity contribution in [3.63, 3.8) is 0 Å². The van der Waals surface area contributed by atoms with E-state index >= 15 is 0 Å². The van der Waals surface area contributed by atoms with Gasteiger partial charge in [-0.15, -0.1) is 0 Å². The molecular formula is C13H26O7. The highest BCUT2D eigenvalue weighted by molar-refractivity contribution is 5.91. The average molecular weight is 294 g/mol. The van der Waals surface area contributed by atoms with Crippen LogP contribution in [0.15, 0.2) is 0 Å². The maximum Gasteiger partial charge on any atom is 0.319 e. The van der Waals surface area contributed by atoms with Crippen LogP contribution in [0.25, 0.3) is 0 Å². The number of ether oxygens (including phenoxy) is 3. The van der Waals surface area contributed by atoms with Crippen LogP contribution in [0.1, 0.15) is 40.5 Å². The zero-order valence-corrected chi connectivity index (χ0v) is 12.6. The predicted molar refractivity (Wildman–Crippen MR) is 71.8 cm³/mol. The van der Waals surface area contributed by atoms with Crippen molar-refractivity contribution >= 4 is 11.9 Å². The van der Waals surface area contributed by atoms with Gasteiger partial charge in [0.15, 0.2) is 0 Å². The molecule has 2 N–H and O–H groups in total. The molecular weight excluding hydrogens is 268 g/mol. The lowest BCUT2D eigenvalue weighted by atomic mass is 10.4. The summed E-state index contributed by atoms with van der Waals surface area (Å²) in [6.07, 6.45) is -2.30. The molecule has 1 unspecified atom stereocenters.